The molecule has 0 unspecified atom stereocenters. The molecule has 0 saturated heterocycles. The third-order valence-electron chi connectivity index (χ3n) is 9.99. The molecule has 5 N–H and O–H groups in total. The number of primary sulfonamides is 1. The van der Waals surface area contributed by atoms with Crippen LogP contribution in [0.15, 0.2) is 53.9 Å². The molecule has 3 aromatic rings. The first-order valence-corrected chi connectivity index (χ1v) is 25.2. The van der Waals surface area contributed by atoms with Crippen molar-refractivity contribution in [1.29, 1.82) is 0 Å². The van der Waals surface area contributed by atoms with E-state index in [0.717, 1.165) is 5.56 Å². The summed E-state index contributed by atoms with van der Waals surface area (Å²) >= 11 is 0. The minimum absolute atomic E-state index is 0.0284. The molecule has 390 valence electrons. The summed E-state index contributed by atoms with van der Waals surface area (Å²) < 4.78 is 43.5. The Morgan fingerprint density at radius 1 is 0.700 bits per heavy atom. The van der Waals surface area contributed by atoms with Crippen molar-refractivity contribution in [3.8, 4) is 0 Å². The van der Waals surface area contributed by atoms with Crippen LogP contribution in [0, 0.1) is 5.41 Å². The molecule has 20 nitrogen and oxygen atoms in total. The molecule has 0 aliphatic rings. The molecule has 3 amide bonds. The summed E-state index contributed by atoms with van der Waals surface area (Å²) in [5.74, 6) is -0.942. The standard InChI is InChI=1S/C49H77N9O11S/c1-46(2,3)29-35(59)30-57-27-24-51-39(57)31-56(32-40-52-25-28-58(40)33-42(61)67-47(4,5)6)26-14-13-15-37(43(62)68-48(7,8)9)54-45(64)55-38(44(63)69-49(10,11)12)20-21-41(60)53-23-22-34-16-18-36(19-17-34)70(50,65)66/h16-19,24-25,27-28,37-38H,13-15,20-23,26,29-33H2,1-12H3,(H,53,60)(H2,50,65,66)(H2,54,55,64)/t37-,38-/m0/s1. The van der Waals surface area contributed by atoms with Crippen molar-refractivity contribution in [3.05, 3.63) is 66.3 Å². The molecule has 0 spiro atoms. The Hall–Kier alpha value is -5.67. The van der Waals surface area contributed by atoms with Gasteiger partial charge < -0.3 is 39.3 Å². The van der Waals surface area contributed by atoms with Gasteiger partial charge in [0, 0.05) is 44.2 Å². The molecule has 2 aromatic heterocycles. The fraction of sp³-hybridized carbons (Fsp3) is 0.633. The summed E-state index contributed by atoms with van der Waals surface area (Å²) in [7, 11) is -3.84. The Kier molecular flexibility index (Phi) is 21.3. The van der Waals surface area contributed by atoms with Gasteiger partial charge in [0.05, 0.1) is 24.5 Å². The third-order valence-corrected chi connectivity index (χ3v) is 10.9. The van der Waals surface area contributed by atoms with Gasteiger partial charge in [0.2, 0.25) is 15.9 Å². The number of aromatic nitrogens is 4. The molecule has 0 aliphatic carbocycles. The fourth-order valence-corrected chi connectivity index (χ4v) is 7.59. The van der Waals surface area contributed by atoms with Crippen LogP contribution in [0.5, 0.6) is 0 Å². The van der Waals surface area contributed by atoms with Crippen molar-refractivity contribution < 1.29 is 51.4 Å². The van der Waals surface area contributed by atoms with Gasteiger partial charge in [-0.3, -0.25) is 19.3 Å². The Morgan fingerprint density at radius 2 is 1.20 bits per heavy atom. The lowest BCUT2D eigenvalue weighted by molar-refractivity contribution is -0.158. The number of nitrogens with one attached hydrogen (secondary N) is 3. The van der Waals surface area contributed by atoms with Crippen LogP contribution >= 0.6 is 0 Å². The Balaban J connectivity index is 1.75. The maximum Gasteiger partial charge on any atom is 0.329 e. The number of ketones is 1. The molecule has 0 radical (unpaired) electrons. The maximum atomic E-state index is 13.7. The van der Waals surface area contributed by atoms with Gasteiger partial charge in [-0.1, -0.05) is 32.9 Å². The first kappa shape index (κ1) is 58.6. The van der Waals surface area contributed by atoms with Crippen LogP contribution in [-0.2, 0) is 80.8 Å². The number of esters is 3. The van der Waals surface area contributed by atoms with E-state index >= 15 is 0 Å². The lowest BCUT2D eigenvalue weighted by Gasteiger charge is -2.27. The number of amides is 3. The predicted molar refractivity (Wildman–Crippen MR) is 262 cm³/mol. The van der Waals surface area contributed by atoms with Gasteiger partial charge in [0.15, 0.2) is 5.78 Å². The van der Waals surface area contributed by atoms with Gasteiger partial charge in [0.25, 0.3) is 0 Å². The van der Waals surface area contributed by atoms with Crippen molar-refractivity contribution in [2.45, 2.75) is 188 Å². The van der Waals surface area contributed by atoms with Crippen LogP contribution in [0.1, 0.15) is 139 Å². The second kappa shape index (κ2) is 25.4. The van der Waals surface area contributed by atoms with E-state index in [0.29, 0.717) is 57.0 Å². The number of nitrogens with two attached hydrogens (primary N) is 1. The number of ether oxygens (including phenoxy) is 3. The highest BCUT2D eigenvalue weighted by atomic mass is 32.2. The molecule has 3 rings (SSSR count). The molecular weight excluding hydrogens is 923 g/mol. The Bertz CT molecular complexity index is 2260. The average molecular weight is 1000 g/mol. The lowest BCUT2D eigenvalue weighted by Crippen LogP contribution is -2.53. The first-order chi connectivity index (χ1) is 32.2. The van der Waals surface area contributed by atoms with Gasteiger partial charge in [-0.2, -0.15) is 0 Å². The van der Waals surface area contributed by atoms with E-state index in [1.807, 2.05) is 25.3 Å². The summed E-state index contributed by atoms with van der Waals surface area (Å²) in [6, 6.07) is 2.72. The van der Waals surface area contributed by atoms with Gasteiger partial charge in [-0.05, 0) is 124 Å². The van der Waals surface area contributed by atoms with Crippen molar-refractivity contribution in [2.24, 2.45) is 10.6 Å². The lowest BCUT2D eigenvalue weighted by atomic mass is 9.90. The second-order valence-electron chi connectivity index (χ2n) is 21.6. The number of rotatable bonds is 25. The van der Waals surface area contributed by atoms with E-state index in [9.17, 15) is 37.2 Å². The largest absolute Gasteiger partial charge is 0.459 e. The maximum absolute atomic E-state index is 13.7. The zero-order valence-electron chi connectivity index (χ0n) is 43.2. The molecule has 0 aliphatic heterocycles. The molecule has 0 saturated carbocycles. The molecule has 0 bridgehead atoms. The van der Waals surface area contributed by atoms with Crippen LogP contribution in [0.3, 0.4) is 0 Å². The third kappa shape index (κ3) is 23.3. The van der Waals surface area contributed by atoms with Crippen LogP contribution in [0.2, 0.25) is 0 Å². The first-order valence-electron chi connectivity index (χ1n) is 23.6. The highest BCUT2D eigenvalue weighted by Gasteiger charge is 2.31. The zero-order chi connectivity index (χ0) is 52.7. The molecule has 0 fully saturated rings. The molecular formula is C49H77N9O11S. The number of Topliss-reactive ketones (excluding diaryl/α,β-unsaturated/α-hetero) is 1. The topological polar surface area (TPSA) is 265 Å². The number of imidazole rings is 2. The molecule has 1 aromatic carbocycles. The summed E-state index contributed by atoms with van der Waals surface area (Å²) in [6.07, 6.45) is 8.36. The van der Waals surface area contributed by atoms with Gasteiger partial charge in [-0.15, -0.1) is 0 Å². The van der Waals surface area contributed by atoms with Crippen LogP contribution in [-0.4, -0.2) is 110 Å². The molecule has 70 heavy (non-hydrogen) atoms. The number of nitrogens with zero attached hydrogens (tertiary/aromatic N) is 5. The van der Waals surface area contributed by atoms with Crippen LogP contribution < -0.4 is 21.1 Å². The van der Waals surface area contributed by atoms with Gasteiger partial charge in [0.1, 0.15) is 47.1 Å². The van der Waals surface area contributed by atoms with E-state index < -0.39 is 68.8 Å². The minimum Gasteiger partial charge on any atom is -0.459 e. The van der Waals surface area contributed by atoms with Crippen molar-refractivity contribution in [1.82, 2.24) is 40.0 Å². The smallest absolute Gasteiger partial charge is 0.329 e. The SMILES string of the molecule is CC(C)(C)CC(=O)Cn1ccnc1CN(CCCC[C@H](NC(=O)N[C@@H](CCC(=O)NCCc1ccc(S(N)(=O)=O)cc1)C(=O)OC(C)(C)C)C(=O)OC(C)(C)C)Cc1nccn1CC(=O)OC(C)(C)C. The Morgan fingerprint density at radius 3 is 1.69 bits per heavy atom. The molecule has 2 atom stereocenters. The van der Waals surface area contributed by atoms with Crippen molar-refractivity contribution in [3.63, 3.8) is 0 Å². The fourth-order valence-electron chi connectivity index (χ4n) is 7.08. The number of unbranched alkanes of at least 4 members (excludes halogenated alkanes) is 1. The monoisotopic (exact) mass is 1000 g/mol. The minimum atomic E-state index is -3.84. The molecule has 2 heterocycles. The second-order valence-corrected chi connectivity index (χ2v) is 23.2. The number of carbonyl (C=O) groups excluding carboxylic acids is 6. The van der Waals surface area contributed by atoms with E-state index in [-0.39, 0.29) is 55.0 Å². The molecule has 21 heteroatoms. The number of urea groups is 1. The van der Waals surface area contributed by atoms with Crippen molar-refractivity contribution in [2.75, 3.05) is 13.1 Å². The average Bonchev–Trinajstić information content (AvgIpc) is 3.82. The summed E-state index contributed by atoms with van der Waals surface area (Å²) in [5, 5.41) is 13.2. The number of benzene rings is 1. The summed E-state index contributed by atoms with van der Waals surface area (Å²) in [4.78, 5) is 90.6. The van der Waals surface area contributed by atoms with Gasteiger partial charge in [-0.25, -0.2) is 37.9 Å². The van der Waals surface area contributed by atoms with E-state index in [1.165, 1.54) is 12.1 Å². The van der Waals surface area contributed by atoms with Crippen molar-refractivity contribution >= 4 is 45.7 Å². The summed E-state index contributed by atoms with van der Waals surface area (Å²) in [6.45, 7) is 23.0. The zero-order valence-corrected chi connectivity index (χ0v) is 44.0. The summed E-state index contributed by atoms with van der Waals surface area (Å²) in [5.41, 5.74) is -1.89. The van der Waals surface area contributed by atoms with E-state index in [1.54, 1.807) is 104 Å². The predicted octanol–water partition coefficient (Wildman–Crippen LogP) is 5.11. The quantitative estimate of drug-likeness (QED) is 0.0489. The number of sulfonamides is 1. The van der Waals surface area contributed by atoms with E-state index in [4.69, 9.17) is 19.3 Å². The van der Waals surface area contributed by atoms with Gasteiger partial charge >= 0.3 is 23.9 Å². The van der Waals surface area contributed by atoms with Crippen LogP contribution in [0.25, 0.3) is 0 Å². The van der Waals surface area contributed by atoms with Crippen LogP contribution in [0.4, 0.5) is 4.79 Å². The highest BCUT2D eigenvalue weighted by molar-refractivity contribution is 7.89. The Labute approximate surface area is 413 Å². The highest BCUT2D eigenvalue weighted by Crippen LogP contribution is 2.21. The normalized spacial score (nSPS) is 13.3. The number of carbonyl (C=O) groups is 6. The number of hydrogen-bond donors (Lipinski definition) is 4. The number of hydrogen-bond acceptors (Lipinski definition) is 14. The van der Waals surface area contributed by atoms with E-state index in [2.05, 4.69) is 30.8 Å².